The van der Waals surface area contributed by atoms with E-state index in [0.29, 0.717) is 5.69 Å². The van der Waals surface area contributed by atoms with Crippen LogP contribution < -0.4 is 0 Å². The molecule has 0 aliphatic rings. The van der Waals surface area contributed by atoms with E-state index in [2.05, 4.69) is 4.98 Å². The molecule has 68 valence electrons. The monoisotopic (exact) mass is 177 g/mol. The van der Waals surface area contributed by atoms with Crippen molar-refractivity contribution in [3.63, 3.8) is 0 Å². The third kappa shape index (κ3) is 2.78. The molecule has 1 rings (SSSR count). The van der Waals surface area contributed by atoms with Gasteiger partial charge in [-0.15, -0.1) is 0 Å². The summed E-state index contributed by atoms with van der Waals surface area (Å²) < 4.78 is 0. The summed E-state index contributed by atoms with van der Waals surface area (Å²) in [5.41, 5.74) is 1.16. The Morgan fingerprint density at radius 3 is 2.62 bits per heavy atom. The molecule has 1 aromatic heterocycles. The van der Waals surface area contributed by atoms with Crippen molar-refractivity contribution in [2.45, 2.75) is 20.3 Å². The molecule has 0 aliphatic carbocycles. The van der Waals surface area contributed by atoms with Crippen molar-refractivity contribution in [1.82, 2.24) is 4.98 Å². The summed E-state index contributed by atoms with van der Waals surface area (Å²) in [5, 5.41) is 0. The van der Waals surface area contributed by atoms with Crippen LogP contribution in [-0.4, -0.2) is 16.6 Å². The first-order valence-electron chi connectivity index (χ1n) is 4.06. The maximum atomic E-state index is 11.3. The molecule has 0 amide bonds. The van der Waals surface area contributed by atoms with Crippen LogP contribution in [0.3, 0.4) is 0 Å². The van der Waals surface area contributed by atoms with Crippen LogP contribution in [0.15, 0.2) is 18.2 Å². The van der Waals surface area contributed by atoms with Gasteiger partial charge < -0.3 is 0 Å². The van der Waals surface area contributed by atoms with Crippen molar-refractivity contribution in [1.29, 1.82) is 0 Å². The molecule has 0 bridgehead atoms. The third-order valence-electron chi connectivity index (χ3n) is 1.58. The third-order valence-corrected chi connectivity index (χ3v) is 1.58. The summed E-state index contributed by atoms with van der Waals surface area (Å²) in [4.78, 5) is 26.0. The first kappa shape index (κ1) is 9.58. The number of hydrogen-bond donors (Lipinski definition) is 0. The van der Waals surface area contributed by atoms with Gasteiger partial charge in [0, 0.05) is 5.69 Å². The fourth-order valence-electron chi connectivity index (χ4n) is 1.02. The van der Waals surface area contributed by atoms with Crippen molar-refractivity contribution in [2.75, 3.05) is 0 Å². The van der Waals surface area contributed by atoms with Crippen molar-refractivity contribution < 1.29 is 9.59 Å². The van der Waals surface area contributed by atoms with Crippen molar-refractivity contribution in [3.05, 3.63) is 29.6 Å². The molecule has 13 heavy (non-hydrogen) atoms. The molecular weight excluding hydrogens is 166 g/mol. The van der Waals surface area contributed by atoms with E-state index in [-0.39, 0.29) is 18.0 Å². The summed E-state index contributed by atoms with van der Waals surface area (Å²) in [7, 11) is 0. The summed E-state index contributed by atoms with van der Waals surface area (Å²) in [5.74, 6) is -0.343. The Morgan fingerprint density at radius 1 is 1.38 bits per heavy atom. The molecule has 0 unspecified atom stereocenters. The van der Waals surface area contributed by atoms with Gasteiger partial charge in [-0.05, 0) is 26.0 Å². The van der Waals surface area contributed by atoms with Gasteiger partial charge in [-0.2, -0.15) is 0 Å². The number of pyridine rings is 1. The summed E-state index contributed by atoms with van der Waals surface area (Å²) in [6.07, 6.45) is -0.0591. The highest BCUT2D eigenvalue weighted by Gasteiger charge is 2.09. The highest BCUT2D eigenvalue weighted by Crippen LogP contribution is 2.02. The van der Waals surface area contributed by atoms with Crippen molar-refractivity contribution >= 4 is 11.6 Å². The van der Waals surface area contributed by atoms with Crippen LogP contribution in [0, 0.1) is 6.92 Å². The van der Waals surface area contributed by atoms with Gasteiger partial charge in [0.15, 0.2) is 5.78 Å². The highest BCUT2D eigenvalue weighted by molar-refractivity contribution is 6.06. The number of aromatic nitrogens is 1. The van der Waals surface area contributed by atoms with E-state index in [1.165, 1.54) is 6.92 Å². The largest absolute Gasteiger partial charge is 0.300 e. The van der Waals surface area contributed by atoms with Gasteiger partial charge in [-0.3, -0.25) is 14.6 Å². The molecule has 0 aromatic carbocycles. The first-order valence-corrected chi connectivity index (χ1v) is 4.06. The predicted octanol–water partition coefficient (Wildman–Crippen LogP) is 1.55. The summed E-state index contributed by atoms with van der Waals surface area (Å²) >= 11 is 0. The van der Waals surface area contributed by atoms with E-state index in [1.807, 2.05) is 13.0 Å². The fraction of sp³-hybridized carbons (Fsp3) is 0.300. The highest BCUT2D eigenvalue weighted by atomic mass is 16.1. The molecule has 0 spiro atoms. The van der Waals surface area contributed by atoms with E-state index in [1.54, 1.807) is 12.1 Å². The Bertz CT molecular complexity index is 345. The van der Waals surface area contributed by atoms with Gasteiger partial charge in [0.1, 0.15) is 11.5 Å². The number of aryl methyl sites for hydroxylation is 1. The van der Waals surface area contributed by atoms with Gasteiger partial charge in [0.05, 0.1) is 6.42 Å². The van der Waals surface area contributed by atoms with Gasteiger partial charge in [-0.1, -0.05) is 6.07 Å². The Kier molecular flexibility index (Phi) is 2.90. The molecule has 1 aromatic rings. The van der Waals surface area contributed by atoms with Crippen LogP contribution >= 0.6 is 0 Å². The maximum Gasteiger partial charge on any atom is 0.188 e. The normalized spacial score (nSPS) is 9.69. The Morgan fingerprint density at radius 2 is 2.08 bits per heavy atom. The van der Waals surface area contributed by atoms with Gasteiger partial charge in [0.25, 0.3) is 0 Å². The number of ketones is 2. The smallest absolute Gasteiger partial charge is 0.188 e. The molecule has 0 saturated carbocycles. The van der Waals surface area contributed by atoms with E-state index in [4.69, 9.17) is 0 Å². The van der Waals surface area contributed by atoms with Crippen LogP contribution in [-0.2, 0) is 4.79 Å². The lowest BCUT2D eigenvalue weighted by atomic mass is 10.1. The minimum atomic E-state index is -0.212. The molecule has 0 saturated heterocycles. The summed E-state index contributed by atoms with van der Waals surface area (Å²) in [6, 6.07) is 5.19. The molecule has 0 radical (unpaired) electrons. The van der Waals surface area contributed by atoms with E-state index in [0.717, 1.165) is 5.69 Å². The number of hydrogen-bond acceptors (Lipinski definition) is 3. The molecule has 0 N–H and O–H groups in total. The Balaban J connectivity index is 2.83. The van der Waals surface area contributed by atoms with Crippen LogP contribution in [0.5, 0.6) is 0 Å². The zero-order valence-electron chi connectivity index (χ0n) is 7.70. The molecule has 3 heteroatoms. The zero-order chi connectivity index (χ0) is 9.84. The quantitative estimate of drug-likeness (QED) is 0.520. The van der Waals surface area contributed by atoms with E-state index < -0.39 is 0 Å². The van der Waals surface area contributed by atoms with Crippen LogP contribution in [0.1, 0.15) is 29.5 Å². The molecule has 0 fully saturated rings. The average molecular weight is 177 g/mol. The van der Waals surface area contributed by atoms with Crippen LogP contribution in [0.25, 0.3) is 0 Å². The molecule has 3 nitrogen and oxygen atoms in total. The first-order chi connectivity index (χ1) is 6.09. The molecule has 0 atom stereocenters. The van der Waals surface area contributed by atoms with Gasteiger partial charge in [0.2, 0.25) is 0 Å². The van der Waals surface area contributed by atoms with Crippen LogP contribution in [0.2, 0.25) is 0 Å². The van der Waals surface area contributed by atoms with E-state index in [9.17, 15) is 9.59 Å². The minimum Gasteiger partial charge on any atom is -0.300 e. The van der Waals surface area contributed by atoms with E-state index >= 15 is 0 Å². The fourth-order valence-corrected chi connectivity index (χ4v) is 1.02. The Labute approximate surface area is 76.8 Å². The summed E-state index contributed by atoms with van der Waals surface area (Å²) in [6.45, 7) is 3.21. The standard InChI is InChI=1S/C10H11NO2/c1-7-4-3-5-9(11-7)10(13)6-8(2)12/h3-5H,6H2,1-2H3. The predicted molar refractivity (Wildman–Crippen MR) is 48.6 cm³/mol. The van der Waals surface area contributed by atoms with Crippen molar-refractivity contribution in [3.8, 4) is 0 Å². The number of rotatable bonds is 3. The lowest BCUT2D eigenvalue weighted by Gasteiger charge is -1.98. The van der Waals surface area contributed by atoms with Crippen molar-refractivity contribution in [2.24, 2.45) is 0 Å². The maximum absolute atomic E-state index is 11.3. The second-order valence-electron chi connectivity index (χ2n) is 2.97. The van der Waals surface area contributed by atoms with Crippen LogP contribution in [0.4, 0.5) is 0 Å². The molecule has 0 aliphatic heterocycles. The Hall–Kier alpha value is -1.51. The number of nitrogens with zero attached hydrogens (tertiary/aromatic N) is 1. The van der Waals surface area contributed by atoms with Gasteiger partial charge in [-0.25, -0.2) is 0 Å². The molecular formula is C10H11NO2. The topological polar surface area (TPSA) is 47.0 Å². The minimum absolute atomic E-state index is 0.0591. The second kappa shape index (κ2) is 3.94. The van der Waals surface area contributed by atoms with Gasteiger partial charge >= 0.3 is 0 Å². The SMILES string of the molecule is CC(=O)CC(=O)c1cccc(C)n1. The number of carbonyl (C=O) groups is 2. The average Bonchev–Trinajstić information content (AvgIpc) is 2.03. The number of carbonyl (C=O) groups excluding carboxylic acids is 2. The lowest BCUT2D eigenvalue weighted by molar-refractivity contribution is -0.116. The second-order valence-corrected chi connectivity index (χ2v) is 2.97. The molecule has 1 heterocycles. The lowest BCUT2D eigenvalue weighted by Crippen LogP contribution is -2.07. The zero-order valence-corrected chi connectivity index (χ0v) is 7.70. The number of Topliss-reactive ketones (excluding diaryl/α,β-unsaturated/α-hetero) is 2.